The second-order valence-electron chi connectivity index (χ2n) is 13.0. The molecular weight excluding hydrogens is 696 g/mol. The normalized spacial score (nSPS) is 37.3. The van der Waals surface area contributed by atoms with Gasteiger partial charge in [0.2, 0.25) is 24.1 Å². The molecule has 0 radical (unpaired) electrons. The predicted molar refractivity (Wildman–Crippen MR) is 172 cm³/mol. The highest BCUT2D eigenvalue weighted by Gasteiger charge is 2.50. The van der Waals surface area contributed by atoms with Gasteiger partial charge in [-0.15, -0.1) is 0 Å². The zero-order valence-corrected chi connectivity index (χ0v) is 28.9. The van der Waals surface area contributed by atoms with Crippen LogP contribution >= 0.6 is 0 Å². The van der Waals surface area contributed by atoms with Gasteiger partial charge in [-0.1, -0.05) is 0 Å². The van der Waals surface area contributed by atoms with Crippen LogP contribution < -0.4 is 28.4 Å². The Morgan fingerprint density at radius 1 is 0.519 bits per heavy atom. The molecule has 52 heavy (non-hydrogen) atoms. The van der Waals surface area contributed by atoms with Crippen molar-refractivity contribution in [2.24, 2.45) is 11.8 Å². The standard InChI is InChI=1S/C34H46O18/c1-43-17-5-13(6-18(44-2)31(17)51-33-27(41)25(39)23(37)21(9-35)49-33)29-15-11-48-30(16(15)12-47-29)14-7-19(45-3)32(20(8-14)46-4)52-34-28(42)26(40)24(38)22(10-36)50-34/h5-8,15-16,21-30,33-42H,9-12H2,1-4H3/t15-,16-,21-,22-,23-,24-,25+,26+,27-,28-,29+,30+,33+,34+/m0/s1. The van der Waals surface area contributed by atoms with Crippen molar-refractivity contribution in [2.75, 3.05) is 54.9 Å². The molecule has 14 atom stereocenters. The van der Waals surface area contributed by atoms with E-state index >= 15 is 0 Å². The van der Waals surface area contributed by atoms with E-state index in [1.165, 1.54) is 28.4 Å². The number of fused-ring (bicyclic) bond motifs is 1. The molecule has 4 saturated heterocycles. The van der Waals surface area contributed by atoms with E-state index in [-0.39, 0.29) is 46.3 Å². The molecule has 6 rings (SSSR count). The van der Waals surface area contributed by atoms with Gasteiger partial charge >= 0.3 is 0 Å². The smallest absolute Gasteiger partial charge is 0.229 e. The van der Waals surface area contributed by atoms with Gasteiger partial charge in [0.15, 0.2) is 23.0 Å². The predicted octanol–water partition coefficient (Wildman–Crippen LogP) is -1.85. The molecule has 2 aromatic rings. The Labute approximate surface area is 298 Å². The average Bonchev–Trinajstić information content (AvgIpc) is 3.78. The van der Waals surface area contributed by atoms with E-state index in [1.807, 2.05) is 0 Å². The Morgan fingerprint density at radius 2 is 0.846 bits per heavy atom. The van der Waals surface area contributed by atoms with E-state index in [0.29, 0.717) is 24.3 Å². The number of hydrogen-bond acceptors (Lipinski definition) is 18. The molecular formula is C34H46O18. The molecule has 4 heterocycles. The fourth-order valence-electron chi connectivity index (χ4n) is 7.16. The van der Waals surface area contributed by atoms with Crippen molar-refractivity contribution in [3.8, 4) is 34.5 Å². The first-order chi connectivity index (χ1) is 25.0. The van der Waals surface area contributed by atoms with E-state index < -0.39 is 86.8 Å². The van der Waals surface area contributed by atoms with Crippen LogP contribution in [0.5, 0.6) is 34.5 Å². The maximum absolute atomic E-state index is 10.5. The molecule has 0 spiro atoms. The summed E-state index contributed by atoms with van der Waals surface area (Å²) in [4.78, 5) is 0. The molecule has 8 N–H and O–H groups in total. The second kappa shape index (κ2) is 16.0. The molecule has 4 fully saturated rings. The molecule has 0 bridgehead atoms. The number of aliphatic hydroxyl groups excluding tert-OH is 8. The summed E-state index contributed by atoms with van der Waals surface area (Å²) in [5, 5.41) is 81.0. The molecule has 18 nitrogen and oxygen atoms in total. The average molecular weight is 743 g/mol. The molecule has 0 amide bonds. The molecule has 0 aromatic heterocycles. The number of benzene rings is 2. The van der Waals surface area contributed by atoms with Crippen molar-refractivity contribution in [1.29, 1.82) is 0 Å². The van der Waals surface area contributed by atoms with Gasteiger partial charge in [0.05, 0.1) is 67.1 Å². The summed E-state index contributed by atoms with van der Waals surface area (Å²) in [7, 11) is 5.66. The zero-order chi connectivity index (χ0) is 37.4. The monoisotopic (exact) mass is 742 g/mol. The van der Waals surface area contributed by atoms with Gasteiger partial charge in [0.1, 0.15) is 48.8 Å². The van der Waals surface area contributed by atoms with Crippen molar-refractivity contribution in [2.45, 2.75) is 73.6 Å². The summed E-state index contributed by atoms with van der Waals surface area (Å²) in [6.45, 7) is -0.604. The van der Waals surface area contributed by atoms with Crippen LogP contribution in [0.1, 0.15) is 23.3 Å². The highest BCUT2D eigenvalue weighted by Crippen LogP contribution is 2.54. The summed E-state index contributed by atoms with van der Waals surface area (Å²) in [5.74, 6) is 0.683. The van der Waals surface area contributed by atoms with Crippen LogP contribution in [0, 0.1) is 11.8 Å². The van der Waals surface area contributed by atoms with Crippen LogP contribution in [0.3, 0.4) is 0 Å². The van der Waals surface area contributed by atoms with Gasteiger partial charge in [-0.3, -0.25) is 0 Å². The lowest BCUT2D eigenvalue weighted by molar-refractivity contribution is -0.277. The number of hydrogen-bond donors (Lipinski definition) is 8. The van der Waals surface area contributed by atoms with E-state index in [4.69, 9.17) is 47.4 Å². The van der Waals surface area contributed by atoms with Gasteiger partial charge in [-0.2, -0.15) is 0 Å². The first kappa shape index (κ1) is 38.5. The van der Waals surface area contributed by atoms with Crippen LogP contribution in [0.25, 0.3) is 0 Å². The van der Waals surface area contributed by atoms with E-state index in [1.54, 1.807) is 24.3 Å². The lowest BCUT2D eigenvalue weighted by atomic mass is 9.84. The maximum atomic E-state index is 10.5. The van der Waals surface area contributed by atoms with Crippen LogP contribution in [-0.2, 0) is 18.9 Å². The summed E-state index contributed by atoms with van der Waals surface area (Å²) in [6.07, 6.45) is -15.9. The van der Waals surface area contributed by atoms with Crippen molar-refractivity contribution < 1.29 is 88.2 Å². The van der Waals surface area contributed by atoms with E-state index in [2.05, 4.69) is 0 Å². The van der Waals surface area contributed by atoms with Gasteiger partial charge in [-0.05, 0) is 35.4 Å². The van der Waals surface area contributed by atoms with Crippen molar-refractivity contribution in [1.82, 2.24) is 0 Å². The van der Waals surface area contributed by atoms with Crippen molar-refractivity contribution in [3.05, 3.63) is 35.4 Å². The summed E-state index contributed by atoms with van der Waals surface area (Å²) in [5.41, 5.74) is 1.37. The largest absolute Gasteiger partial charge is 0.493 e. The Hall–Kier alpha value is -3.24. The molecule has 18 heteroatoms. The van der Waals surface area contributed by atoms with Gasteiger partial charge in [-0.25, -0.2) is 0 Å². The van der Waals surface area contributed by atoms with Gasteiger partial charge < -0.3 is 88.2 Å². The fraction of sp³-hybridized carbons (Fsp3) is 0.647. The van der Waals surface area contributed by atoms with Crippen LogP contribution in [0.15, 0.2) is 24.3 Å². The van der Waals surface area contributed by atoms with Crippen LogP contribution in [-0.4, -0.2) is 157 Å². The van der Waals surface area contributed by atoms with Crippen LogP contribution in [0.2, 0.25) is 0 Å². The summed E-state index contributed by atoms with van der Waals surface area (Å²) in [6, 6.07) is 6.78. The SMILES string of the molecule is COc1cc([C@H]2OC[C@H]3[C@@H]2CO[C@@H]3c2cc(OC)c(O[C@H]3O[C@@H](CO)[C@H](O)[C@@H](O)[C@@H]3O)c(OC)c2)cc(OC)c1O[C@H]1O[C@@H](CO)[C@H](O)[C@@H](O)[C@@H]1O. The molecule has 0 aliphatic carbocycles. The van der Waals surface area contributed by atoms with Crippen molar-refractivity contribution in [3.63, 3.8) is 0 Å². The number of ether oxygens (including phenoxy) is 10. The lowest BCUT2D eigenvalue weighted by Gasteiger charge is -2.39. The minimum atomic E-state index is -1.65. The Bertz CT molecular complexity index is 1360. The first-order valence-corrected chi connectivity index (χ1v) is 16.7. The minimum Gasteiger partial charge on any atom is -0.493 e. The number of rotatable bonds is 12. The number of aliphatic hydroxyl groups is 8. The summed E-state index contributed by atoms with van der Waals surface area (Å²) < 4.78 is 58.0. The second-order valence-corrected chi connectivity index (χ2v) is 13.0. The Morgan fingerprint density at radius 3 is 1.13 bits per heavy atom. The highest BCUT2D eigenvalue weighted by atomic mass is 16.7. The fourth-order valence-corrected chi connectivity index (χ4v) is 7.16. The first-order valence-electron chi connectivity index (χ1n) is 16.7. The topological polar surface area (TPSA) is 254 Å². The van der Waals surface area contributed by atoms with E-state index in [0.717, 1.165) is 0 Å². The lowest BCUT2D eigenvalue weighted by Crippen LogP contribution is -2.60. The third-order valence-electron chi connectivity index (χ3n) is 10.1. The molecule has 0 saturated carbocycles. The third kappa shape index (κ3) is 6.94. The Kier molecular flexibility index (Phi) is 11.8. The summed E-state index contributed by atoms with van der Waals surface area (Å²) >= 11 is 0. The molecule has 290 valence electrons. The van der Waals surface area contributed by atoms with Gasteiger partial charge in [0.25, 0.3) is 0 Å². The molecule has 0 unspecified atom stereocenters. The van der Waals surface area contributed by atoms with E-state index in [9.17, 15) is 40.9 Å². The van der Waals surface area contributed by atoms with Gasteiger partial charge in [0, 0.05) is 11.8 Å². The minimum absolute atomic E-state index is 0.0541. The van der Waals surface area contributed by atoms with Crippen molar-refractivity contribution >= 4 is 0 Å². The third-order valence-corrected chi connectivity index (χ3v) is 10.1. The highest BCUT2D eigenvalue weighted by molar-refractivity contribution is 5.56. The Balaban J connectivity index is 1.22. The zero-order valence-electron chi connectivity index (χ0n) is 28.9. The van der Waals surface area contributed by atoms with Crippen LogP contribution in [0.4, 0.5) is 0 Å². The molecule has 2 aromatic carbocycles. The number of methoxy groups -OCH3 is 4. The molecule has 4 aliphatic heterocycles. The quantitative estimate of drug-likeness (QED) is 0.119. The maximum Gasteiger partial charge on any atom is 0.229 e. The molecule has 4 aliphatic rings.